The van der Waals surface area contributed by atoms with Gasteiger partial charge in [0.05, 0.1) is 23.2 Å². The Morgan fingerprint density at radius 3 is 2.48 bits per heavy atom. The van der Waals surface area contributed by atoms with E-state index in [1.807, 2.05) is 32.3 Å². The van der Waals surface area contributed by atoms with E-state index < -0.39 is 0 Å². The van der Waals surface area contributed by atoms with E-state index in [0.29, 0.717) is 28.2 Å². The molecular weight excluding hydrogens is 407 g/mol. The molecule has 0 aliphatic rings. The van der Waals surface area contributed by atoms with Crippen LogP contribution in [0.4, 0.5) is 0 Å². The van der Waals surface area contributed by atoms with Crippen molar-refractivity contribution < 1.29 is 5.11 Å². The Morgan fingerprint density at radius 2 is 1.81 bits per heavy atom. The smallest absolute Gasteiger partial charge is 0.181 e. The number of aliphatic hydroxyl groups excluding tert-OH is 1. The number of hydrogen-bond acceptors (Lipinski definition) is 4. The van der Waals surface area contributed by atoms with Crippen molar-refractivity contribution in [1.29, 1.82) is 0 Å². The molecule has 0 saturated heterocycles. The van der Waals surface area contributed by atoms with Gasteiger partial charge < -0.3 is 10.0 Å². The van der Waals surface area contributed by atoms with Gasteiger partial charge >= 0.3 is 0 Å². The molecule has 8 heteroatoms. The monoisotopic (exact) mass is 426 g/mol. The molecule has 5 nitrogen and oxygen atoms in total. The summed E-state index contributed by atoms with van der Waals surface area (Å²) < 4.78 is 1.71. The molecule has 144 valence electrons. The highest BCUT2D eigenvalue weighted by molar-refractivity contribution is 6.42. The van der Waals surface area contributed by atoms with Gasteiger partial charge in [-0.1, -0.05) is 41.4 Å². The fourth-order valence-corrected chi connectivity index (χ4v) is 3.04. The van der Waals surface area contributed by atoms with Gasteiger partial charge in [0.25, 0.3) is 0 Å². The molecule has 3 aromatic rings. The zero-order chi connectivity index (χ0) is 18.7. The summed E-state index contributed by atoms with van der Waals surface area (Å²) in [5.41, 5.74) is 2.92. The third kappa shape index (κ3) is 5.21. The summed E-state index contributed by atoms with van der Waals surface area (Å²) in [6, 6.07) is 13.5. The Morgan fingerprint density at radius 1 is 1.04 bits per heavy atom. The summed E-state index contributed by atoms with van der Waals surface area (Å²) in [5.74, 6) is 1.26. The second-order valence-electron chi connectivity index (χ2n) is 6.27. The van der Waals surface area contributed by atoms with Crippen molar-refractivity contribution in [1.82, 2.24) is 19.7 Å². The topological polar surface area (TPSA) is 54.2 Å². The van der Waals surface area contributed by atoms with Gasteiger partial charge in [-0.3, -0.25) is 0 Å². The number of hydrogen-bond donors (Lipinski definition) is 1. The van der Waals surface area contributed by atoms with Gasteiger partial charge in [0, 0.05) is 17.7 Å². The van der Waals surface area contributed by atoms with E-state index in [2.05, 4.69) is 27.1 Å². The van der Waals surface area contributed by atoms with Crippen LogP contribution in [0.5, 0.6) is 0 Å². The molecule has 0 radical (unpaired) electrons. The molecule has 3 rings (SSSR count). The van der Waals surface area contributed by atoms with E-state index in [1.165, 1.54) is 5.56 Å². The van der Waals surface area contributed by atoms with Crippen LogP contribution in [0.3, 0.4) is 0 Å². The summed E-state index contributed by atoms with van der Waals surface area (Å²) in [5, 5.41) is 14.9. The minimum absolute atomic E-state index is 0. The van der Waals surface area contributed by atoms with Crippen molar-refractivity contribution in [3.8, 4) is 22.8 Å². The summed E-state index contributed by atoms with van der Waals surface area (Å²) >= 11 is 12.1. The van der Waals surface area contributed by atoms with Gasteiger partial charge in [-0.25, -0.2) is 9.67 Å². The Hall–Kier alpha value is -1.63. The molecule has 0 amide bonds. The van der Waals surface area contributed by atoms with Crippen molar-refractivity contribution in [2.45, 2.75) is 13.1 Å². The second-order valence-corrected chi connectivity index (χ2v) is 7.09. The van der Waals surface area contributed by atoms with Crippen LogP contribution in [0.25, 0.3) is 22.8 Å². The molecule has 0 aliphatic carbocycles. The molecule has 1 aromatic heterocycles. The lowest BCUT2D eigenvalue weighted by Gasteiger charge is -2.11. The Labute approximate surface area is 175 Å². The molecule has 0 spiro atoms. The zero-order valence-corrected chi connectivity index (χ0v) is 17.4. The van der Waals surface area contributed by atoms with Crippen molar-refractivity contribution in [2.75, 3.05) is 20.7 Å². The van der Waals surface area contributed by atoms with Gasteiger partial charge in [0.2, 0.25) is 0 Å². The van der Waals surface area contributed by atoms with E-state index >= 15 is 0 Å². The molecule has 0 saturated carbocycles. The van der Waals surface area contributed by atoms with Crippen LogP contribution in [0.1, 0.15) is 5.56 Å². The average Bonchev–Trinajstić information content (AvgIpc) is 3.01. The molecular formula is C19H21Cl3N4O. The third-order valence-electron chi connectivity index (χ3n) is 3.85. The van der Waals surface area contributed by atoms with Crippen LogP contribution in [0, 0.1) is 0 Å². The van der Waals surface area contributed by atoms with Crippen LogP contribution in [-0.2, 0) is 13.1 Å². The maximum absolute atomic E-state index is 9.39. The Bertz CT molecular complexity index is 912. The SMILES string of the molecule is CN(C)Cc1cccc(-c2nc(-c3ccc(Cl)c(Cl)c3)nn2CCO)c1.Cl. The number of nitrogens with zero attached hydrogens (tertiary/aromatic N) is 4. The lowest BCUT2D eigenvalue weighted by atomic mass is 10.1. The van der Waals surface area contributed by atoms with E-state index in [4.69, 9.17) is 23.2 Å². The molecule has 0 unspecified atom stereocenters. The van der Waals surface area contributed by atoms with Gasteiger partial charge in [-0.15, -0.1) is 12.4 Å². The summed E-state index contributed by atoms with van der Waals surface area (Å²) in [6.07, 6.45) is 0. The second kappa shape index (κ2) is 9.53. The van der Waals surface area contributed by atoms with Gasteiger partial charge in [-0.05, 0) is 43.9 Å². The molecule has 1 heterocycles. The standard InChI is InChI=1S/C19H20Cl2N4O.ClH/c1-24(2)12-13-4-3-5-15(10-13)19-22-18(23-25(19)8-9-26)14-6-7-16(20)17(21)11-14;/h3-7,10-11,26H,8-9,12H2,1-2H3;1H. The highest BCUT2D eigenvalue weighted by atomic mass is 35.5. The maximum atomic E-state index is 9.39. The molecule has 1 N–H and O–H groups in total. The van der Waals surface area contributed by atoms with Crippen molar-refractivity contribution >= 4 is 35.6 Å². The maximum Gasteiger partial charge on any atom is 0.181 e. The Kier molecular flexibility index (Phi) is 7.65. The van der Waals surface area contributed by atoms with Crippen LogP contribution in [0.15, 0.2) is 42.5 Å². The quantitative estimate of drug-likeness (QED) is 0.634. The minimum Gasteiger partial charge on any atom is -0.394 e. The molecule has 0 bridgehead atoms. The first-order chi connectivity index (χ1) is 12.5. The van der Waals surface area contributed by atoms with E-state index in [-0.39, 0.29) is 19.0 Å². The van der Waals surface area contributed by atoms with E-state index in [0.717, 1.165) is 17.7 Å². The largest absolute Gasteiger partial charge is 0.394 e. The van der Waals surface area contributed by atoms with Gasteiger partial charge in [0.15, 0.2) is 11.6 Å². The van der Waals surface area contributed by atoms with Crippen LogP contribution < -0.4 is 0 Å². The Balaban J connectivity index is 0.00000261. The number of rotatable bonds is 6. The van der Waals surface area contributed by atoms with Crippen molar-refractivity contribution in [2.24, 2.45) is 0 Å². The highest BCUT2D eigenvalue weighted by Gasteiger charge is 2.14. The summed E-state index contributed by atoms with van der Waals surface area (Å²) in [7, 11) is 4.06. The normalized spacial score (nSPS) is 10.9. The highest BCUT2D eigenvalue weighted by Crippen LogP contribution is 2.29. The molecule has 27 heavy (non-hydrogen) atoms. The molecule has 0 atom stereocenters. The van der Waals surface area contributed by atoms with Crippen LogP contribution in [-0.4, -0.2) is 45.5 Å². The number of benzene rings is 2. The molecule has 0 fully saturated rings. The molecule has 0 aliphatic heterocycles. The lowest BCUT2D eigenvalue weighted by molar-refractivity contribution is 0.270. The third-order valence-corrected chi connectivity index (χ3v) is 4.58. The molecule has 2 aromatic carbocycles. The number of aromatic nitrogens is 3. The minimum atomic E-state index is -0.0193. The van der Waals surface area contributed by atoms with Crippen LogP contribution in [0.2, 0.25) is 10.0 Å². The summed E-state index contributed by atoms with van der Waals surface area (Å²) in [4.78, 5) is 6.80. The average molecular weight is 428 g/mol. The first kappa shape index (κ1) is 21.7. The van der Waals surface area contributed by atoms with E-state index in [9.17, 15) is 5.11 Å². The van der Waals surface area contributed by atoms with Gasteiger partial charge in [-0.2, -0.15) is 5.10 Å². The van der Waals surface area contributed by atoms with Gasteiger partial charge in [0.1, 0.15) is 0 Å². The summed E-state index contributed by atoms with van der Waals surface area (Å²) in [6.45, 7) is 1.18. The first-order valence-electron chi connectivity index (χ1n) is 8.23. The fourth-order valence-electron chi connectivity index (χ4n) is 2.74. The fraction of sp³-hybridized carbons (Fsp3) is 0.263. The predicted octanol–water partition coefficient (Wildman–Crippen LogP) is 4.39. The van der Waals surface area contributed by atoms with E-state index in [1.54, 1.807) is 16.8 Å². The zero-order valence-electron chi connectivity index (χ0n) is 15.1. The van der Waals surface area contributed by atoms with Crippen LogP contribution >= 0.6 is 35.6 Å². The lowest BCUT2D eigenvalue weighted by Crippen LogP contribution is -2.11. The first-order valence-corrected chi connectivity index (χ1v) is 8.98. The number of aliphatic hydroxyl groups is 1. The van der Waals surface area contributed by atoms with Crippen molar-refractivity contribution in [3.05, 3.63) is 58.1 Å². The van der Waals surface area contributed by atoms with Crippen molar-refractivity contribution in [3.63, 3.8) is 0 Å². The number of halogens is 3. The predicted molar refractivity (Wildman–Crippen MR) is 113 cm³/mol.